The normalized spacial score (nSPS) is 17.3. The van der Waals surface area contributed by atoms with Crippen LogP contribution in [0.1, 0.15) is 39.2 Å². The minimum absolute atomic E-state index is 0.149. The molecule has 1 aromatic carbocycles. The summed E-state index contributed by atoms with van der Waals surface area (Å²) < 4.78 is 10.0. The molecule has 0 amide bonds. The Labute approximate surface area is 123 Å². The second-order valence-electron chi connectivity index (χ2n) is 5.66. The average Bonchev–Trinajstić information content (AvgIpc) is 2.36. The largest absolute Gasteiger partial charge is 0.419 e. The Hall–Kier alpha value is -2.30. The lowest BCUT2D eigenvalue weighted by Gasteiger charge is -2.29. The molecule has 0 saturated carbocycles. The van der Waals surface area contributed by atoms with E-state index in [2.05, 4.69) is 19.2 Å². The minimum Gasteiger partial charge on any atom is -0.419 e. The zero-order valence-corrected chi connectivity index (χ0v) is 12.6. The van der Waals surface area contributed by atoms with Crippen molar-refractivity contribution in [3.63, 3.8) is 0 Å². The third-order valence-electron chi connectivity index (χ3n) is 3.05. The van der Waals surface area contributed by atoms with Crippen molar-refractivity contribution < 1.29 is 19.1 Å². The van der Waals surface area contributed by atoms with E-state index in [0.29, 0.717) is 5.92 Å². The third kappa shape index (κ3) is 3.62. The molecule has 1 aliphatic heterocycles. The number of ether oxygens (including phenoxy) is 2. The van der Waals surface area contributed by atoms with Crippen molar-refractivity contribution in [2.45, 2.75) is 39.4 Å². The zero-order valence-electron chi connectivity index (χ0n) is 12.6. The van der Waals surface area contributed by atoms with Crippen LogP contribution < -0.4 is 5.32 Å². The summed E-state index contributed by atoms with van der Waals surface area (Å²) in [5.74, 6) is -2.21. The lowest BCUT2D eigenvalue weighted by molar-refractivity contribution is -0.222. The van der Waals surface area contributed by atoms with E-state index in [9.17, 15) is 9.59 Å². The number of carbonyl (C=O) groups excluding carboxylic acids is 2. The molecule has 0 bridgehead atoms. The Bertz CT molecular complexity index is 580. The van der Waals surface area contributed by atoms with Crippen molar-refractivity contribution >= 4 is 17.6 Å². The van der Waals surface area contributed by atoms with Crippen molar-refractivity contribution in [3.05, 3.63) is 41.6 Å². The van der Waals surface area contributed by atoms with Crippen LogP contribution in [0.5, 0.6) is 0 Å². The maximum atomic E-state index is 11.8. The first-order chi connectivity index (χ1) is 9.78. The van der Waals surface area contributed by atoms with E-state index in [1.165, 1.54) is 20.0 Å². The predicted molar refractivity (Wildman–Crippen MR) is 78.5 cm³/mol. The Morgan fingerprint density at radius 2 is 1.76 bits per heavy atom. The second kappa shape index (κ2) is 5.60. The molecule has 0 radical (unpaired) electrons. The average molecular weight is 289 g/mol. The number of benzene rings is 1. The molecule has 0 spiro atoms. The van der Waals surface area contributed by atoms with Gasteiger partial charge in [-0.3, -0.25) is 0 Å². The van der Waals surface area contributed by atoms with E-state index in [0.717, 1.165) is 11.3 Å². The number of hydrogen-bond acceptors (Lipinski definition) is 5. The van der Waals surface area contributed by atoms with Crippen LogP contribution in [0, 0.1) is 0 Å². The fraction of sp³-hybridized carbons (Fsp3) is 0.375. The van der Waals surface area contributed by atoms with Gasteiger partial charge < -0.3 is 14.8 Å². The molecular formula is C16H19NO4. The molecule has 5 nitrogen and oxygen atoms in total. The van der Waals surface area contributed by atoms with Gasteiger partial charge >= 0.3 is 11.9 Å². The molecule has 1 aliphatic rings. The Morgan fingerprint density at radius 1 is 1.14 bits per heavy atom. The van der Waals surface area contributed by atoms with E-state index in [4.69, 9.17) is 9.47 Å². The molecule has 1 N–H and O–H groups in total. The van der Waals surface area contributed by atoms with Gasteiger partial charge in [0, 0.05) is 25.7 Å². The standard InChI is InChI=1S/C16H19NO4/c1-10(2)11-6-5-7-12(8-11)17-9-13-14(18)20-16(3,4)21-15(13)19/h5-10,17H,1-4H3. The van der Waals surface area contributed by atoms with Crippen LogP contribution in [0.4, 0.5) is 5.69 Å². The molecule has 0 atom stereocenters. The quantitative estimate of drug-likeness (QED) is 0.526. The molecule has 112 valence electrons. The summed E-state index contributed by atoms with van der Waals surface area (Å²) in [4.78, 5) is 23.6. The van der Waals surface area contributed by atoms with Crippen LogP contribution >= 0.6 is 0 Å². The highest BCUT2D eigenvalue weighted by atomic mass is 16.7. The van der Waals surface area contributed by atoms with Gasteiger partial charge in [0.1, 0.15) is 0 Å². The molecule has 1 fully saturated rings. The topological polar surface area (TPSA) is 64.6 Å². The molecule has 2 rings (SSSR count). The van der Waals surface area contributed by atoms with E-state index in [1.54, 1.807) is 0 Å². The van der Waals surface area contributed by atoms with Gasteiger partial charge in [0.25, 0.3) is 5.79 Å². The third-order valence-corrected chi connectivity index (χ3v) is 3.05. The molecule has 0 unspecified atom stereocenters. The maximum absolute atomic E-state index is 11.8. The Kier molecular flexibility index (Phi) is 4.02. The van der Waals surface area contributed by atoms with Gasteiger partial charge in [0.05, 0.1) is 0 Å². The summed E-state index contributed by atoms with van der Waals surface area (Å²) in [6.45, 7) is 7.21. The van der Waals surface area contributed by atoms with Gasteiger partial charge in [0.2, 0.25) is 0 Å². The highest BCUT2D eigenvalue weighted by Crippen LogP contribution is 2.23. The predicted octanol–water partition coefficient (Wildman–Crippen LogP) is 2.94. The van der Waals surface area contributed by atoms with Crippen LogP contribution in [0.3, 0.4) is 0 Å². The van der Waals surface area contributed by atoms with Crippen LogP contribution in [0.2, 0.25) is 0 Å². The number of hydrogen-bond donors (Lipinski definition) is 1. The van der Waals surface area contributed by atoms with Gasteiger partial charge in [-0.25, -0.2) is 9.59 Å². The maximum Gasteiger partial charge on any atom is 0.350 e. The summed E-state index contributed by atoms with van der Waals surface area (Å²) in [5, 5.41) is 2.93. The van der Waals surface area contributed by atoms with Gasteiger partial charge in [-0.2, -0.15) is 0 Å². The molecule has 0 aromatic heterocycles. The SMILES string of the molecule is CC(C)c1cccc(NC=C2C(=O)OC(C)(C)OC2=O)c1. The first-order valence-electron chi connectivity index (χ1n) is 6.82. The van der Waals surface area contributed by atoms with E-state index >= 15 is 0 Å². The number of cyclic esters (lactones) is 2. The molecule has 21 heavy (non-hydrogen) atoms. The summed E-state index contributed by atoms with van der Waals surface area (Å²) >= 11 is 0. The molecule has 1 aromatic rings. The van der Waals surface area contributed by atoms with Gasteiger partial charge in [-0.15, -0.1) is 0 Å². The molecule has 5 heteroatoms. The van der Waals surface area contributed by atoms with E-state index in [1.807, 2.05) is 24.3 Å². The highest BCUT2D eigenvalue weighted by Gasteiger charge is 2.38. The van der Waals surface area contributed by atoms with Gasteiger partial charge in [-0.1, -0.05) is 26.0 Å². The summed E-state index contributed by atoms with van der Waals surface area (Å²) in [6.07, 6.45) is 1.32. The molecular weight excluding hydrogens is 270 g/mol. The van der Waals surface area contributed by atoms with Gasteiger partial charge in [-0.05, 0) is 23.6 Å². The second-order valence-corrected chi connectivity index (χ2v) is 5.66. The number of esters is 2. The van der Waals surface area contributed by atoms with Crippen molar-refractivity contribution in [2.75, 3.05) is 5.32 Å². The smallest absolute Gasteiger partial charge is 0.350 e. The highest BCUT2D eigenvalue weighted by molar-refractivity contribution is 6.15. The van der Waals surface area contributed by atoms with Crippen molar-refractivity contribution in [3.8, 4) is 0 Å². The lowest BCUT2D eigenvalue weighted by atomic mass is 10.0. The summed E-state index contributed by atoms with van der Waals surface area (Å²) in [6, 6.07) is 7.75. The van der Waals surface area contributed by atoms with Crippen molar-refractivity contribution in [2.24, 2.45) is 0 Å². The van der Waals surface area contributed by atoms with Crippen LogP contribution in [-0.2, 0) is 19.1 Å². The number of rotatable bonds is 3. The van der Waals surface area contributed by atoms with Crippen molar-refractivity contribution in [1.29, 1.82) is 0 Å². The fourth-order valence-corrected chi connectivity index (χ4v) is 1.92. The Morgan fingerprint density at radius 3 is 2.33 bits per heavy atom. The monoisotopic (exact) mass is 289 g/mol. The first-order valence-corrected chi connectivity index (χ1v) is 6.82. The fourth-order valence-electron chi connectivity index (χ4n) is 1.92. The van der Waals surface area contributed by atoms with Gasteiger partial charge in [0.15, 0.2) is 5.57 Å². The number of anilines is 1. The lowest BCUT2D eigenvalue weighted by Crippen LogP contribution is -2.42. The summed E-state index contributed by atoms with van der Waals surface area (Å²) in [5.41, 5.74) is 1.80. The minimum atomic E-state index is -1.22. The number of nitrogens with one attached hydrogen (secondary N) is 1. The molecule has 0 aliphatic carbocycles. The van der Waals surface area contributed by atoms with Crippen LogP contribution in [0.15, 0.2) is 36.0 Å². The number of carbonyl (C=O) groups is 2. The summed E-state index contributed by atoms with van der Waals surface area (Å²) in [7, 11) is 0. The van der Waals surface area contributed by atoms with Crippen molar-refractivity contribution in [1.82, 2.24) is 0 Å². The van der Waals surface area contributed by atoms with E-state index in [-0.39, 0.29) is 5.57 Å². The zero-order chi connectivity index (χ0) is 15.6. The van der Waals surface area contributed by atoms with E-state index < -0.39 is 17.7 Å². The Balaban J connectivity index is 2.16. The van der Waals surface area contributed by atoms with Crippen LogP contribution in [-0.4, -0.2) is 17.7 Å². The molecule has 1 heterocycles. The first kappa shape index (κ1) is 15.1. The van der Waals surface area contributed by atoms with Crippen LogP contribution in [0.25, 0.3) is 0 Å². The molecule has 1 saturated heterocycles.